The first kappa shape index (κ1) is 22.2. The number of hydrogen-bond acceptors (Lipinski definition) is 4. The summed E-state index contributed by atoms with van der Waals surface area (Å²) >= 11 is 0. The van der Waals surface area contributed by atoms with Crippen LogP contribution in [0.15, 0.2) is 54.6 Å². The van der Waals surface area contributed by atoms with Gasteiger partial charge >= 0.3 is 0 Å². The van der Waals surface area contributed by atoms with Crippen LogP contribution in [-0.4, -0.2) is 37.0 Å². The molecule has 0 fully saturated rings. The van der Waals surface area contributed by atoms with Gasteiger partial charge in [0.25, 0.3) is 5.91 Å². The molecule has 0 saturated carbocycles. The van der Waals surface area contributed by atoms with Crippen LogP contribution in [0.3, 0.4) is 0 Å². The van der Waals surface area contributed by atoms with E-state index in [1.165, 1.54) is 5.56 Å². The topological polar surface area (TPSA) is 69.6 Å². The highest BCUT2D eigenvalue weighted by Gasteiger charge is 2.16. The maximum absolute atomic E-state index is 12.8. The molecule has 3 rings (SSSR count). The fourth-order valence-electron chi connectivity index (χ4n) is 3.56. The average molecular weight is 421 g/mol. The van der Waals surface area contributed by atoms with Gasteiger partial charge in [0.15, 0.2) is 6.61 Å². The van der Waals surface area contributed by atoms with Crippen LogP contribution in [0.25, 0.3) is 0 Å². The fourth-order valence-corrected chi connectivity index (χ4v) is 3.56. The zero-order valence-electron chi connectivity index (χ0n) is 18.4. The molecule has 1 amide bonds. The van der Waals surface area contributed by atoms with Crippen molar-refractivity contribution in [3.05, 3.63) is 82.7 Å². The van der Waals surface area contributed by atoms with E-state index in [1.54, 1.807) is 38.4 Å². The maximum Gasteiger partial charge on any atom is 0.251 e. The van der Waals surface area contributed by atoms with Crippen LogP contribution >= 0.6 is 0 Å². The first-order chi connectivity index (χ1) is 14.9. The number of methoxy groups -OCH3 is 1. The number of ether oxygens (including phenoxy) is 2. The van der Waals surface area contributed by atoms with Crippen molar-refractivity contribution in [1.29, 1.82) is 0 Å². The molecule has 0 aliphatic rings. The molecular formula is C25H28N2O4. The molecule has 1 aromatic heterocycles. The summed E-state index contributed by atoms with van der Waals surface area (Å²) < 4.78 is 13.0. The Morgan fingerprint density at radius 3 is 2.42 bits per heavy atom. The number of nitrogens with zero attached hydrogens (tertiary/aromatic N) is 1. The number of ketones is 1. The molecule has 1 N–H and O–H groups in total. The molecule has 1 heterocycles. The predicted molar refractivity (Wildman–Crippen MR) is 120 cm³/mol. The minimum Gasteiger partial charge on any atom is -0.497 e. The first-order valence-corrected chi connectivity index (χ1v) is 10.2. The fraction of sp³-hybridized carbons (Fsp3) is 0.280. The van der Waals surface area contributed by atoms with Gasteiger partial charge in [0.2, 0.25) is 5.78 Å². The number of Topliss-reactive ketones (excluding diaryl/α,β-unsaturated/α-hetero) is 1. The molecule has 0 atom stereocenters. The standard InChI is InChI=1S/C25H28N2O4/c1-17-14-23(18(2)27(17)13-12-19-8-10-21(30-4)11-9-19)24(28)16-31-22-7-5-6-20(15-22)25(29)26-3/h5-11,14-15H,12-13,16H2,1-4H3,(H,26,29). The first-order valence-electron chi connectivity index (χ1n) is 10.2. The highest BCUT2D eigenvalue weighted by atomic mass is 16.5. The summed E-state index contributed by atoms with van der Waals surface area (Å²) in [7, 11) is 3.23. The highest BCUT2D eigenvalue weighted by Crippen LogP contribution is 2.19. The van der Waals surface area contributed by atoms with Crippen molar-refractivity contribution < 1.29 is 19.1 Å². The second-order valence-corrected chi connectivity index (χ2v) is 7.35. The van der Waals surface area contributed by atoms with E-state index in [9.17, 15) is 9.59 Å². The van der Waals surface area contributed by atoms with Crippen LogP contribution in [0.5, 0.6) is 11.5 Å². The molecule has 0 unspecified atom stereocenters. The summed E-state index contributed by atoms with van der Waals surface area (Å²) in [4.78, 5) is 24.6. The Bertz CT molecular complexity index is 1070. The van der Waals surface area contributed by atoms with Gasteiger partial charge in [-0.1, -0.05) is 18.2 Å². The average Bonchev–Trinajstić information content (AvgIpc) is 3.09. The Balaban J connectivity index is 1.65. The van der Waals surface area contributed by atoms with E-state index in [-0.39, 0.29) is 18.3 Å². The van der Waals surface area contributed by atoms with Gasteiger partial charge in [-0.3, -0.25) is 9.59 Å². The van der Waals surface area contributed by atoms with E-state index in [1.807, 2.05) is 32.0 Å². The molecule has 31 heavy (non-hydrogen) atoms. The van der Waals surface area contributed by atoms with Gasteiger partial charge in [0, 0.05) is 36.1 Å². The van der Waals surface area contributed by atoms with Crippen molar-refractivity contribution in [3.63, 3.8) is 0 Å². The number of hydrogen-bond donors (Lipinski definition) is 1. The lowest BCUT2D eigenvalue weighted by Gasteiger charge is -2.11. The maximum atomic E-state index is 12.8. The molecule has 162 valence electrons. The van der Waals surface area contributed by atoms with E-state index in [0.29, 0.717) is 16.9 Å². The Hall–Kier alpha value is -3.54. The van der Waals surface area contributed by atoms with Crippen molar-refractivity contribution in [2.24, 2.45) is 0 Å². The third-order valence-corrected chi connectivity index (χ3v) is 5.35. The monoisotopic (exact) mass is 420 g/mol. The summed E-state index contributed by atoms with van der Waals surface area (Å²) in [5, 5.41) is 2.57. The lowest BCUT2D eigenvalue weighted by molar-refractivity contribution is 0.0920. The molecule has 0 spiro atoms. The number of carbonyl (C=O) groups excluding carboxylic acids is 2. The zero-order valence-corrected chi connectivity index (χ0v) is 18.4. The van der Waals surface area contributed by atoms with E-state index >= 15 is 0 Å². The Morgan fingerprint density at radius 1 is 1.00 bits per heavy atom. The molecular weight excluding hydrogens is 392 g/mol. The predicted octanol–water partition coefficient (Wildman–Crippen LogP) is 3.98. The highest BCUT2D eigenvalue weighted by molar-refractivity contribution is 5.98. The van der Waals surface area contributed by atoms with Gasteiger partial charge in [-0.15, -0.1) is 0 Å². The molecule has 0 aliphatic heterocycles. The molecule has 0 radical (unpaired) electrons. The van der Waals surface area contributed by atoms with Gasteiger partial charge in [-0.2, -0.15) is 0 Å². The van der Waals surface area contributed by atoms with Crippen LogP contribution in [0.2, 0.25) is 0 Å². The smallest absolute Gasteiger partial charge is 0.251 e. The van der Waals surface area contributed by atoms with Gasteiger partial charge < -0.3 is 19.4 Å². The van der Waals surface area contributed by atoms with Crippen molar-refractivity contribution in [2.45, 2.75) is 26.8 Å². The SMILES string of the molecule is CNC(=O)c1cccc(OCC(=O)c2cc(C)n(CCc3ccc(OC)cc3)c2C)c1. The van der Waals surface area contributed by atoms with Crippen molar-refractivity contribution in [2.75, 3.05) is 20.8 Å². The molecule has 3 aromatic rings. The molecule has 0 saturated heterocycles. The number of aromatic nitrogens is 1. The molecule has 6 nitrogen and oxygen atoms in total. The second-order valence-electron chi connectivity index (χ2n) is 7.35. The summed E-state index contributed by atoms with van der Waals surface area (Å²) in [6.45, 7) is 4.66. The lowest BCUT2D eigenvalue weighted by Crippen LogP contribution is -2.18. The van der Waals surface area contributed by atoms with E-state index in [4.69, 9.17) is 9.47 Å². The Morgan fingerprint density at radius 2 is 1.74 bits per heavy atom. The summed E-state index contributed by atoms with van der Waals surface area (Å²) in [5.74, 6) is 1.04. The largest absolute Gasteiger partial charge is 0.497 e. The van der Waals surface area contributed by atoms with Crippen LogP contribution in [0.4, 0.5) is 0 Å². The van der Waals surface area contributed by atoms with Crippen LogP contribution in [0, 0.1) is 13.8 Å². The number of amides is 1. The van der Waals surface area contributed by atoms with Crippen molar-refractivity contribution in [1.82, 2.24) is 9.88 Å². The quantitative estimate of drug-likeness (QED) is 0.532. The van der Waals surface area contributed by atoms with Gasteiger partial charge in [0.05, 0.1) is 7.11 Å². The van der Waals surface area contributed by atoms with E-state index < -0.39 is 0 Å². The number of aryl methyl sites for hydroxylation is 2. The van der Waals surface area contributed by atoms with Crippen LogP contribution in [0.1, 0.15) is 37.7 Å². The van der Waals surface area contributed by atoms with Crippen LogP contribution in [-0.2, 0) is 13.0 Å². The normalized spacial score (nSPS) is 10.6. The zero-order chi connectivity index (χ0) is 22.4. The van der Waals surface area contributed by atoms with Gasteiger partial charge in [-0.05, 0) is 62.2 Å². The second kappa shape index (κ2) is 9.98. The van der Waals surface area contributed by atoms with Crippen molar-refractivity contribution in [3.8, 4) is 11.5 Å². The van der Waals surface area contributed by atoms with Gasteiger partial charge in [-0.25, -0.2) is 0 Å². The Labute approximate surface area is 182 Å². The molecule has 0 bridgehead atoms. The van der Waals surface area contributed by atoms with E-state index in [0.717, 1.165) is 30.1 Å². The molecule has 6 heteroatoms. The number of benzene rings is 2. The molecule has 0 aliphatic carbocycles. The number of nitrogens with one attached hydrogen (secondary N) is 1. The third-order valence-electron chi connectivity index (χ3n) is 5.35. The number of carbonyl (C=O) groups is 2. The molecule has 2 aromatic carbocycles. The number of rotatable bonds is 9. The minimum absolute atomic E-state index is 0.0834. The summed E-state index contributed by atoms with van der Waals surface area (Å²) in [6.07, 6.45) is 0.858. The Kier molecular flexibility index (Phi) is 7.13. The van der Waals surface area contributed by atoms with Crippen LogP contribution < -0.4 is 14.8 Å². The summed E-state index contributed by atoms with van der Waals surface area (Å²) in [6, 6.07) is 16.7. The van der Waals surface area contributed by atoms with E-state index in [2.05, 4.69) is 22.0 Å². The van der Waals surface area contributed by atoms with Crippen molar-refractivity contribution >= 4 is 11.7 Å². The van der Waals surface area contributed by atoms with Gasteiger partial charge in [0.1, 0.15) is 11.5 Å². The lowest BCUT2D eigenvalue weighted by atomic mass is 10.1. The summed E-state index contributed by atoms with van der Waals surface area (Å²) in [5.41, 5.74) is 4.33. The third kappa shape index (κ3) is 5.34. The minimum atomic E-state index is -0.197.